The second kappa shape index (κ2) is 6.25. The van der Waals surface area contributed by atoms with Crippen molar-refractivity contribution in [3.8, 4) is 11.3 Å². The van der Waals surface area contributed by atoms with Gasteiger partial charge in [0.2, 0.25) is 0 Å². The van der Waals surface area contributed by atoms with Crippen molar-refractivity contribution in [1.82, 2.24) is 15.0 Å². The summed E-state index contributed by atoms with van der Waals surface area (Å²) in [6.45, 7) is 0. The van der Waals surface area contributed by atoms with Gasteiger partial charge in [0.15, 0.2) is 5.13 Å². The van der Waals surface area contributed by atoms with Gasteiger partial charge in [-0.1, -0.05) is 18.2 Å². The van der Waals surface area contributed by atoms with Gasteiger partial charge >= 0.3 is 5.63 Å². The molecule has 7 nitrogen and oxygen atoms in total. The third-order valence-corrected chi connectivity index (χ3v) is 4.20. The lowest BCUT2D eigenvalue weighted by Gasteiger charge is -2.00. The molecule has 8 heteroatoms. The summed E-state index contributed by atoms with van der Waals surface area (Å²) in [5, 5.41) is 5.49. The van der Waals surface area contributed by atoms with Crippen molar-refractivity contribution >= 4 is 33.3 Å². The first-order valence-electron chi connectivity index (χ1n) is 7.27. The molecule has 0 saturated carbocycles. The molecule has 1 N–H and O–H groups in total. The van der Waals surface area contributed by atoms with E-state index in [1.165, 1.54) is 29.9 Å². The minimum Gasteiger partial charge on any atom is -0.422 e. The minimum atomic E-state index is -0.476. The summed E-state index contributed by atoms with van der Waals surface area (Å²) in [7, 11) is 0. The van der Waals surface area contributed by atoms with Crippen molar-refractivity contribution in [3.05, 3.63) is 70.4 Å². The number of fused-ring (bicyclic) bond motifs is 1. The van der Waals surface area contributed by atoms with Gasteiger partial charge in [0.25, 0.3) is 5.91 Å². The number of nitrogens with zero attached hydrogens (tertiary/aromatic N) is 3. The van der Waals surface area contributed by atoms with E-state index >= 15 is 0 Å². The predicted molar refractivity (Wildman–Crippen MR) is 93.6 cm³/mol. The number of nitrogens with one attached hydrogen (secondary N) is 1. The number of carbonyl (C=O) groups is 1. The fourth-order valence-electron chi connectivity index (χ4n) is 2.27. The average Bonchev–Trinajstić information content (AvgIpc) is 3.10. The zero-order valence-electron chi connectivity index (χ0n) is 12.7. The minimum absolute atomic E-state index is 0.185. The number of hydrogen-bond donors (Lipinski definition) is 1. The van der Waals surface area contributed by atoms with E-state index in [9.17, 15) is 9.59 Å². The molecule has 3 heterocycles. The van der Waals surface area contributed by atoms with Crippen molar-refractivity contribution in [1.29, 1.82) is 0 Å². The monoisotopic (exact) mass is 350 g/mol. The fourth-order valence-corrected chi connectivity index (χ4v) is 2.98. The number of carbonyl (C=O) groups excluding carboxylic acids is 1. The second-order valence-electron chi connectivity index (χ2n) is 5.07. The molecule has 0 bridgehead atoms. The van der Waals surface area contributed by atoms with Gasteiger partial charge in [0, 0.05) is 23.2 Å². The largest absolute Gasteiger partial charge is 0.422 e. The van der Waals surface area contributed by atoms with Crippen LogP contribution in [0.25, 0.3) is 22.2 Å². The molecule has 0 aliphatic carbocycles. The molecule has 0 unspecified atom stereocenters. The van der Waals surface area contributed by atoms with Crippen molar-refractivity contribution in [2.75, 3.05) is 5.32 Å². The Morgan fingerprint density at radius 2 is 2.08 bits per heavy atom. The van der Waals surface area contributed by atoms with E-state index in [0.29, 0.717) is 22.0 Å². The van der Waals surface area contributed by atoms with Crippen molar-refractivity contribution in [2.24, 2.45) is 0 Å². The number of rotatable bonds is 3. The molecular formula is C17H10N4O3S. The first-order valence-corrected chi connectivity index (χ1v) is 8.15. The van der Waals surface area contributed by atoms with Crippen LogP contribution < -0.4 is 10.9 Å². The fraction of sp³-hybridized carbons (Fsp3) is 0. The molecular weight excluding hydrogens is 340 g/mol. The molecule has 122 valence electrons. The molecule has 0 spiro atoms. The molecule has 4 rings (SSSR count). The van der Waals surface area contributed by atoms with Gasteiger partial charge < -0.3 is 4.42 Å². The Kier molecular flexibility index (Phi) is 3.79. The predicted octanol–water partition coefficient (Wildman–Crippen LogP) is 2.96. The van der Waals surface area contributed by atoms with E-state index < -0.39 is 11.5 Å². The summed E-state index contributed by atoms with van der Waals surface area (Å²) in [6.07, 6.45) is 4.28. The van der Waals surface area contributed by atoms with E-state index in [1.807, 2.05) is 12.1 Å². The summed E-state index contributed by atoms with van der Waals surface area (Å²) in [5.41, 5.74) is 1.01. The van der Waals surface area contributed by atoms with Crippen LogP contribution in [0, 0.1) is 0 Å². The first kappa shape index (κ1) is 15.2. The Labute approximate surface area is 145 Å². The van der Waals surface area contributed by atoms with Gasteiger partial charge in [0.1, 0.15) is 11.3 Å². The quantitative estimate of drug-likeness (QED) is 0.571. The van der Waals surface area contributed by atoms with Crippen LogP contribution in [-0.2, 0) is 0 Å². The molecule has 0 radical (unpaired) electrons. The number of thiazole rings is 1. The van der Waals surface area contributed by atoms with E-state index in [-0.39, 0.29) is 5.69 Å². The highest BCUT2D eigenvalue weighted by Gasteiger charge is 2.14. The average molecular weight is 350 g/mol. The molecule has 0 saturated heterocycles. The van der Waals surface area contributed by atoms with E-state index in [2.05, 4.69) is 20.3 Å². The highest BCUT2D eigenvalue weighted by Crippen LogP contribution is 2.25. The SMILES string of the molecule is O=C(Nc1nc(-c2cc3ccccc3oc2=O)cs1)c1cnccn1. The Balaban J connectivity index is 1.64. The number of para-hydroxylation sites is 1. The zero-order chi connectivity index (χ0) is 17.2. The number of aromatic nitrogens is 3. The van der Waals surface area contributed by atoms with Crippen LogP contribution in [0.1, 0.15) is 10.5 Å². The Morgan fingerprint density at radius 1 is 1.20 bits per heavy atom. The number of hydrogen-bond acceptors (Lipinski definition) is 7. The van der Waals surface area contributed by atoms with Crippen LogP contribution in [-0.4, -0.2) is 20.9 Å². The Morgan fingerprint density at radius 3 is 2.92 bits per heavy atom. The maximum Gasteiger partial charge on any atom is 0.345 e. The first-order chi connectivity index (χ1) is 12.2. The van der Waals surface area contributed by atoms with Gasteiger partial charge in [-0.3, -0.25) is 15.1 Å². The van der Waals surface area contributed by atoms with Crippen LogP contribution in [0.5, 0.6) is 0 Å². The molecule has 0 atom stereocenters. The van der Waals surface area contributed by atoms with Crippen molar-refractivity contribution in [2.45, 2.75) is 0 Å². The van der Waals surface area contributed by atoms with Crippen molar-refractivity contribution in [3.63, 3.8) is 0 Å². The molecule has 0 aliphatic rings. The molecule has 0 aliphatic heterocycles. The summed E-state index contributed by atoms with van der Waals surface area (Å²) < 4.78 is 5.31. The lowest BCUT2D eigenvalue weighted by atomic mass is 10.1. The summed E-state index contributed by atoms with van der Waals surface area (Å²) in [6, 6.07) is 8.97. The van der Waals surface area contributed by atoms with Crippen LogP contribution in [0.15, 0.2) is 63.5 Å². The molecule has 1 amide bonds. The molecule has 4 aromatic rings. The van der Waals surface area contributed by atoms with Crippen LogP contribution >= 0.6 is 11.3 Å². The number of benzene rings is 1. The van der Waals surface area contributed by atoms with Crippen LogP contribution in [0.2, 0.25) is 0 Å². The molecule has 25 heavy (non-hydrogen) atoms. The van der Waals surface area contributed by atoms with Crippen LogP contribution in [0.3, 0.4) is 0 Å². The molecule has 1 aromatic carbocycles. The Hall–Kier alpha value is -3.39. The maximum absolute atomic E-state index is 12.2. The third kappa shape index (κ3) is 3.02. The van der Waals surface area contributed by atoms with Gasteiger partial charge in [0.05, 0.1) is 17.5 Å². The normalized spacial score (nSPS) is 10.7. The summed E-state index contributed by atoms with van der Waals surface area (Å²) in [4.78, 5) is 36.3. The van der Waals surface area contributed by atoms with E-state index in [0.717, 1.165) is 5.39 Å². The number of amides is 1. The maximum atomic E-state index is 12.2. The van der Waals surface area contributed by atoms with Gasteiger partial charge in [-0.15, -0.1) is 11.3 Å². The standard InChI is InChI=1S/C17H10N4O3S/c22-15(12-8-18-5-6-19-12)21-17-20-13(9-25-17)11-7-10-3-1-2-4-14(10)24-16(11)23/h1-9H,(H,20,21,22). The lowest BCUT2D eigenvalue weighted by Crippen LogP contribution is -2.13. The highest BCUT2D eigenvalue weighted by molar-refractivity contribution is 7.14. The van der Waals surface area contributed by atoms with E-state index in [4.69, 9.17) is 4.42 Å². The smallest absolute Gasteiger partial charge is 0.345 e. The van der Waals surface area contributed by atoms with Gasteiger partial charge in [-0.05, 0) is 12.1 Å². The Bertz CT molecular complexity index is 1120. The topological polar surface area (TPSA) is 98.0 Å². The molecule has 0 fully saturated rings. The summed E-state index contributed by atoms with van der Waals surface area (Å²) >= 11 is 1.21. The summed E-state index contributed by atoms with van der Waals surface area (Å²) in [5.74, 6) is -0.417. The van der Waals surface area contributed by atoms with E-state index in [1.54, 1.807) is 23.6 Å². The number of anilines is 1. The molecule has 3 aromatic heterocycles. The van der Waals surface area contributed by atoms with Crippen molar-refractivity contribution < 1.29 is 9.21 Å². The van der Waals surface area contributed by atoms with Crippen LogP contribution in [0.4, 0.5) is 5.13 Å². The van der Waals surface area contributed by atoms with Gasteiger partial charge in [-0.2, -0.15) is 0 Å². The van der Waals surface area contributed by atoms with Gasteiger partial charge in [-0.25, -0.2) is 14.8 Å². The third-order valence-electron chi connectivity index (χ3n) is 3.44. The lowest BCUT2D eigenvalue weighted by molar-refractivity contribution is 0.102. The zero-order valence-corrected chi connectivity index (χ0v) is 13.5. The second-order valence-corrected chi connectivity index (χ2v) is 5.93. The highest BCUT2D eigenvalue weighted by atomic mass is 32.1.